The van der Waals surface area contributed by atoms with Gasteiger partial charge in [0.15, 0.2) is 0 Å². The molecule has 6 heteroatoms. The fourth-order valence-corrected chi connectivity index (χ4v) is 0. The van der Waals surface area contributed by atoms with Gasteiger partial charge in [-0.15, -0.1) is 0 Å². The Labute approximate surface area is 74.1 Å². The van der Waals surface area contributed by atoms with Crippen LogP contribution in [0.15, 0.2) is 0 Å². The van der Waals surface area contributed by atoms with E-state index in [1.54, 1.807) is 0 Å². The van der Waals surface area contributed by atoms with Crippen molar-refractivity contribution in [2.24, 2.45) is 0 Å². The summed E-state index contributed by atoms with van der Waals surface area (Å²) in [5, 5.41) is 0. The van der Waals surface area contributed by atoms with Gasteiger partial charge in [-0.25, -0.2) is 0 Å². The van der Waals surface area contributed by atoms with Crippen molar-refractivity contribution < 1.29 is 55.8 Å². The zero-order valence-corrected chi connectivity index (χ0v) is 6.05. The van der Waals surface area contributed by atoms with Crippen LogP contribution in [0.5, 0.6) is 0 Å². The second-order valence-electron chi connectivity index (χ2n) is 0.0556. The van der Waals surface area contributed by atoms with Crippen molar-refractivity contribution in [2.75, 3.05) is 0 Å². The van der Waals surface area contributed by atoms with Crippen LogP contribution in [0.4, 0.5) is 0 Å². The maximum absolute atomic E-state index is 8.34. The van der Waals surface area contributed by atoms with Crippen LogP contribution in [-0.4, -0.2) is 18.9 Å². The summed E-state index contributed by atoms with van der Waals surface area (Å²) in [5.41, 5.74) is 0. The van der Waals surface area contributed by atoms with Gasteiger partial charge >= 0.3 is 22.3 Å². The zero-order chi connectivity index (χ0) is 2.71. The van der Waals surface area contributed by atoms with Gasteiger partial charge in [0, 0.05) is 52.4 Å². The van der Waals surface area contributed by atoms with Gasteiger partial charge in [-0.2, -0.15) is 0 Å². The molecule has 0 aliphatic carbocycles. The Morgan fingerprint density at radius 3 is 1.17 bits per heavy atom. The van der Waals surface area contributed by atoms with Gasteiger partial charge in [-0.1, -0.05) is 0 Å². The Bertz CT molecular complexity index is 34.5. The average molecular weight is 212 g/mol. The summed E-state index contributed by atoms with van der Waals surface area (Å²) in [4.78, 5) is 0. The van der Waals surface area contributed by atoms with Crippen LogP contribution in [-0.2, 0) is 55.8 Å². The third-order valence-electron chi connectivity index (χ3n) is 0. The van der Waals surface area contributed by atoms with E-state index in [0.29, 0.717) is 0 Å². The molecule has 0 saturated heterocycles. The van der Waals surface area contributed by atoms with E-state index in [-0.39, 0.29) is 52.4 Å². The van der Waals surface area contributed by atoms with E-state index in [9.17, 15) is 0 Å². The van der Waals surface area contributed by atoms with Crippen LogP contribution in [0.1, 0.15) is 0 Å². The van der Waals surface area contributed by atoms with Crippen molar-refractivity contribution in [2.45, 2.75) is 0 Å². The first-order valence-corrected chi connectivity index (χ1v) is 1.12. The summed E-state index contributed by atoms with van der Waals surface area (Å²) in [6.45, 7) is 0. The fraction of sp³-hybridized carbons (Fsp3) is 0. The number of hydrogen-bond donors (Lipinski definition) is 0. The van der Waals surface area contributed by atoms with E-state index in [1.807, 2.05) is 0 Å². The van der Waals surface area contributed by atoms with Crippen LogP contribution < -0.4 is 0 Å². The molecule has 0 saturated carbocycles. The first kappa shape index (κ1) is 25.2. The zero-order valence-electron chi connectivity index (χ0n) is 2.84. The Hall–Kier alpha value is 1.72. The third-order valence-corrected chi connectivity index (χ3v) is 0. The van der Waals surface area contributed by atoms with Gasteiger partial charge in [0.1, 0.15) is 0 Å². The summed E-state index contributed by atoms with van der Waals surface area (Å²) in [6, 6.07) is 0. The second kappa shape index (κ2) is 29.7. The molecule has 0 atom stereocenters. The quantitative estimate of drug-likeness (QED) is 0.500. The van der Waals surface area contributed by atoms with Gasteiger partial charge in [-0.3, -0.25) is 0 Å². The maximum atomic E-state index is 8.34. The molecule has 0 aromatic rings. The molecule has 0 amide bonds. The molecule has 0 heterocycles. The van der Waals surface area contributed by atoms with Crippen LogP contribution in [0.25, 0.3) is 0 Å². The minimum atomic E-state index is -1.06. The van der Waals surface area contributed by atoms with Gasteiger partial charge in [0.05, 0.1) is 0 Å². The molecule has 6 heavy (non-hydrogen) atoms. The molecule has 0 N–H and O–H groups in total. The van der Waals surface area contributed by atoms with Gasteiger partial charge < -0.3 is 0 Å². The van der Waals surface area contributed by atoms with Gasteiger partial charge in [0.2, 0.25) is 0 Å². The molecule has 2 nitrogen and oxygen atoms in total. The van der Waals surface area contributed by atoms with Crippen molar-refractivity contribution in [3.05, 3.63) is 0 Å². The fourth-order valence-electron chi connectivity index (χ4n) is 0. The summed E-state index contributed by atoms with van der Waals surface area (Å²) >= 11 is -1.06. The van der Waals surface area contributed by atoms with E-state index in [2.05, 4.69) is 0 Å². The van der Waals surface area contributed by atoms with Crippen LogP contribution in [0, 0.1) is 0 Å². The molecule has 0 bridgehead atoms. The first-order valence-electron chi connectivity index (χ1n) is 0.272. The summed E-state index contributed by atoms with van der Waals surface area (Å²) in [7, 11) is 0. The van der Waals surface area contributed by atoms with Crippen LogP contribution >= 0.6 is 0 Å². The molecule has 0 aromatic heterocycles. The van der Waals surface area contributed by atoms with Crippen molar-refractivity contribution >= 4 is 18.9 Å². The second-order valence-corrected chi connectivity index (χ2v) is 0.229. The number of rotatable bonds is 0. The van der Waals surface area contributed by atoms with E-state index in [4.69, 9.17) is 7.73 Å². The molecule has 0 rings (SSSR count). The number of hydrogen-bond acceptors (Lipinski definition) is 2. The molecule has 39 valence electrons. The van der Waals surface area contributed by atoms with Gasteiger partial charge in [-0.05, 0) is 0 Å². The molecule has 0 aromatic carbocycles. The molecule has 0 unspecified atom stereocenters. The first-order chi connectivity index (χ1) is 1.41. The molecule has 0 aliphatic heterocycles. The van der Waals surface area contributed by atoms with Crippen LogP contribution in [0.3, 0.4) is 0 Å². The Kier molecular flexibility index (Phi) is 125. The molecule has 0 aliphatic rings. The molecular weight excluding hydrogens is 212 g/mol. The van der Waals surface area contributed by atoms with Crippen molar-refractivity contribution in [1.29, 1.82) is 0 Å². The van der Waals surface area contributed by atoms with E-state index in [0.717, 1.165) is 0 Å². The predicted octanol–water partition coefficient (Wildman–Crippen LogP) is -0.626. The van der Waals surface area contributed by atoms with E-state index in [1.165, 1.54) is 0 Å². The SMILES string of the molecule is [Li].[Mn].[Ni].[O]=[Co]=[O]. The average Bonchev–Trinajstić information content (AvgIpc) is 0.918. The standard InChI is InChI=1S/Co.Li.Mn.Ni.2O. The molecule has 0 fully saturated rings. The summed E-state index contributed by atoms with van der Waals surface area (Å²) in [6.07, 6.45) is 0. The minimum absolute atomic E-state index is 0. The van der Waals surface area contributed by atoms with Crippen molar-refractivity contribution in [1.82, 2.24) is 0 Å². The normalized spacial score (nSPS) is 2.67. The summed E-state index contributed by atoms with van der Waals surface area (Å²) in [5.74, 6) is 0. The Morgan fingerprint density at radius 2 is 1.17 bits per heavy atom. The molecule has 0 spiro atoms. The topological polar surface area (TPSA) is 34.1 Å². The van der Waals surface area contributed by atoms with E-state index >= 15 is 0 Å². The monoisotopic (exact) mass is 211 g/mol. The third kappa shape index (κ3) is 43.2. The van der Waals surface area contributed by atoms with Crippen molar-refractivity contribution in [3.63, 3.8) is 0 Å². The Morgan fingerprint density at radius 1 is 1.17 bits per heavy atom. The van der Waals surface area contributed by atoms with E-state index < -0.39 is 14.6 Å². The molecular formula is CoLiMnNiO2. The van der Waals surface area contributed by atoms with Crippen LogP contribution in [0.2, 0.25) is 0 Å². The predicted molar refractivity (Wildman–Crippen MR) is 7.13 cm³/mol. The summed E-state index contributed by atoms with van der Waals surface area (Å²) < 4.78 is 16.7. The van der Waals surface area contributed by atoms with Crippen molar-refractivity contribution in [3.8, 4) is 0 Å². The molecule has 2 radical (unpaired) electrons. The Balaban J connectivity index is -0.00000000667. The van der Waals surface area contributed by atoms with Gasteiger partial charge in [0.25, 0.3) is 0 Å².